The predicted octanol–water partition coefficient (Wildman–Crippen LogP) is 13.2. The Morgan fingerprint density at radius 3 is 1.60 bits per heavy atom. The Balaban J connectivity index is 1.31. The number of hydrogen-bond acceptors (Lipinski definition) is 1. The van der Waals surface area contributed by atoms with Crippen LogP contribution >= 0.6 is 0 Å². The van der Waals surface area contributed by atoms with Crippen LogP contribution in [0.15, 0.2) is 174 Å². The zero-order chi connectivity index (χ0) is 48.3. The molecule has 47 heavy (non-hydrogen) atoms. The first kappa shape index (κ1) is 13.3. The van der Waals surface area contributed by atoms with Crippen molar-refractivity contribution in [3.63, 3.8) is 0 Å². The van der Waals surface area contributed by atoms with Crippen molar-refractivity contribution in [2.75, 3.05) is 0 Å². The quantitative estimate of drug-likeness (QED) is 0.180. The molecule has 0 aliphatic rings. The average molecular weight is 617 g/mol. The van der Waals surface area contributed by atoms with E-state index in [-0.39, 0.29) is 60.4 Å². The van der Waals surface area contributed by atoms with E-state index < -0.39 is 137 Å². The van der Waals surface area contributed by atoms with Gasteiger partial charge < -0.3 is 4.42 Å². The second-order valence-electron chi connectivity index (χ2n) is 10.9. The lowest BCUT2D eigenvalue weighted by molar-refractivity contribution is 0.673. The summed E-state index contributed by atoms with van der Waals surface area (Å²) in [4.78, 5) is 0. The molecular weight excluding hydrogens is 569 g/mol. The van der Waals surface area contributed by atoms with E-state index in [1.807, 2.05) is 0 Å². The van der Waals surface area contributed by atoms with Crippen molar-refractivity contribution in [3.8, 4) is 33.4 Å². The first-order valence-corrected chi connectivity index (χ1v) is 14.6. The van der Waals surface area contributed by atoms with Gasteiger partial charge in [0.05, 0.1) is 27.4 Å². The molecule has 0 aliphatic heterocycles. The molecule has 0 amide bonds. The maximum atomic E-state index is 9.66. The van der Waals surface area contributed by atoms with E-state index in [1.165, 1.54) is 0 Å². The molecular formula is C46H28O. The number of rotatable bonds is 3. The maximum absolute atomic E-state index is 9.66. The summed E-state index contributed by atoms with van der Waals surface area (Å²) in [5.41, 5.74) is -1.42. The number of benzene rings is 9. The average Bonchev–Trinajstić information content (AvgIpc) is 3.72. The van der Waals surface area contributed by atoms with Gasteiger partial charge in [0.1, 0.15) is 11.2 Å². The van der Waals surface area contributed by atoms with Crippen LogP contribution in [0, 0.1) is 0 Å². The van der Waals surface area contributed by atoms with E-state index in [1.54, 1.807) is 48.5 Å². The van der Waals surface area contributed by atoms with Crippen LogP contribution in [-0.2, 0) is 0 Å². The molecule has 1 heterocycles. The number of furan rings is 1. The first-order valence-electron chi connectivity index (χ1n) is 24.6. The molecule has 1 heteroatoms. The van der Waals surface area contributed by atoms with Gasteiger partial charge in [0, 0.05) is 16.2 Å². The van der Waals surface area contributed by atoms with E-state index >= 15 is 0 Å². The molecule has 1 nitrogen and oxygen atoms in total. The van der Waals surface area contributed by atoms with Crippen LogP contribution in [0.3, 0.4) is 0 Å². The summed E-state index contributed by atoms with van der Waals surface area (Å²) < 4.78 is 184. The summed E-state index contributed by atoms with van der Waals surface area (Å²) in [6.45, 7) is 0. The maximum Gasteiger partial charge on any atom is 0.143 e. The van der Waals surface area contributed by atoms with Crippen molar-refractivity contribution in [2.45, 2.75) is 0 Å². The van der Waals surface area contributed by atoms with Gasteiger partial charge in [-0.2, -0.15) is 0 Å². The van der Waals surface area contributed by atoms with Gasteiger partial charge in [0.25, 0.3) is 0 Å². The lowest BCUT2D eigenvalue weighted by Gasteiger charge is -2.18. The zero-order valence-electron chi connectivity index (χ0n) is 44.0. The van der Waals surface area contributed by atoms with Crippen LogP contribution in [0.2, 0.25) is 0 Å². The van der Waals surface area contributed by atoms with Crippen molar-refractivity contribution in [3.05, 3.63) is 169 Å². The molecule has 0 fully saturated rings. The molecule has 0 atom stereocenters. The van der Waals surface area contributed by atoms with Crippen LogP contribution < -0.4 is 0 Å². The van der Waals surface area contributed by atoms with E-state index in [2.05, 4.69) is 0 Å². The van der Waals surface area contributed by atoms with E-state index in [0.29, 0.717) is 21.5 Å². The highest BCUT2D eigenvalue weighted by molar-refractivity contribution is 6.23. The summed E-state index contributed by atoms with van der Waals surface area (Å²) in [6.07, 6.45) is 0. The Kier molecular flexibility index (Phi) is 2.87. The minimum atomic E-state index is -0.740. The van der Waals surface area contributed by atoms with Crippen molar-refractivity contribution >= 4 is 65.0 Å². The Morgan fingerprint density at radius 1 is 0.362 bits per heavy atom. The Labute approximate surface area is 300 Å². The Hall–Kier alpha value is -6.18. The highest BCUT2D eigenvalue weighted by atomic mass is 16.3. The van der Waals surface area contributed by atoms with E-state index in [4.69, 9.17) is 20.9 Å². The fraction of sp³-hybridized carbons (Fsp3) is 0. The van der Waals surface area contributed by atoms with E-state index in [9.17, 15) is 11.0 Å². The summed E-state index contributed by atoms with van der Waals surface area (Å²) in [6, 6.07) is 0.961. The smallest absolute Gasteiger partial charge is 0.143 e. The molecule has 0 spiro atoms. The van der Waals surface area contributed by atoms with Crippen molar-refractivity contribution in [2.24, 2.45) is 0 Å². The van der Waals surface area contributed by atoms with Crippen molar-refractivity contribution < 1.29 is 31.8 Å². The van der Waals surface area contributed by atoms with Gasteiger partial charge in [-0.25, -0.2) is 0 Å². The third kappa shape index (κ3) is 4.03. The van der Waals surface area contributed by atoms with Gasteiger partial charge in [-0.15, -0.1) is 0 Å². The molecule has 0 saturated heterocycles. The molecule has 0 aliphatic carbocycles. The largest absolute Gasteiger partial charge is 0.455 e. The van der Waals surface area contributed by atoms with Crippen LogP contribution in [-0.4, -0.2) is 0 Å². The van der Waals surface area contributed by atoms with Gasteiger partial charge in [-0.05, 0) is 101 Å². The lowest BCUT2D eigenvalue weighted by atomic mass is 9.85. The fourth-order valence-corrected chi connectivity index (χ4v) is 6.20. The summed E-state index contributed by atoms with van der Waals surface area (Å²) in [5.74, 6) is 0. The summed E-state index contributed by atoms with van der Waals surface area (Å²) in [7, 11) is 0. The molecule has 0 radical (unpaired) electrons. The standard InChI is InChI=1S/C46H28O/c1-2-10-29(11-3-1)31-18-19-33-27-34(21-20-32(33)26-31)44-38-14-6-8-16-40(38)45(41-17-9-7-15-39(41)44)35-23-24-37-42-25-22-30-12-4-5-13-36(30)46(42)47-43(37)28-35/h1-28H/i1D,2D,3D,4D,5D,10D,11D,12D,13D,18D,19D,20D,21D,22D,23D,24D,25D,26D,27D,28D. The molecule has 10 rings (SSSR count). The van der Waals surface area contributed by atoms with Crippen molar-refractivity contribution in [1.29, 1.82) is 0 Å². The van der Waals surface area contributed by atoms with Gasteiger partial charge in [0.2, 0.25) is 0 Å². The highest BCUT2D eigenvalue weighted by Crippen LogP contribution is 2.45. The monoisotopic (exact) mass is 616 g/mol. The molecule has 0 bridgehead atoms. The van der Waals surface area contributed by atoms with Gasteiger partial charge in [-0.1, -0.05) is 139 Å². The predicted molar refractivity (Wildman–Crippen MR) is 200 cm³/mol. The highest BCUT2D eigenvalue weighted by Gasteiger charge is 2.18. The molecule has 0 saturated carbocycles. The normalized spacial score (nSPS) is 17.8. The number of hydrogen-bond donors (Lipinski definition) is 0. The van der Waals surface area contributed by atoms with Crippen LogP contribution in [0.4, 0.5) is 0 Å². The van der Waals surface area contributed by atoms with E-state index in [0.717, 1.165) is 0 Å². The fourth-order valence-electron chi connectivity index (χ4n) is 6.20. The summed E-state index contributed by atoms with van der Waals surface area (Å²) >= 11 is 0. The minimum Gasteiger partial charge on any atom is -0.455 e. The molecule has 0 unspecified atom stereocenters. The van der Waals surface area contributed by atoms with Crippen LogP contribution in [0.5, 0.6) is 0 Å². The first-order chi connectivity index (χ1) is 31.7. The molecule has 1 aromatic heterocycles. The Bertz CT molecular complexity index is 3900. The molecule has 218 valence electrons. The molecule has 0 N–H and O–H groups in total. The SMILES string of the molecule is [2H]c1c([2H])c([2H])c(-c2c([2H])c([2H])c3c([2H])c(-c4c5ccccc5c(-c5c([2H])c([2H])c6c(oc7c8c([2H])c([2H])c([2H])c([2H])c8c([2H])c([2H])c76)c5[2H])c5ccccc45)c([2H])c([2H])c3c2[2H])c([2H])c1[2H]. The van der Waals surface area contributed by atoms with Gasteiger partial charge >= 0.3 is 0 Å². The second-order valence-corrected chi connectivity index (χ2v) is 10.9. The Morgan fingerprint density at radius 2 is 0.894 bits per heavy atom. The zero-order valence-corrected chi connectivity index (χ0v) is 24.0. The molecule has 9 aromatic carbocycles. The second kappa shape index (κ2) is 10.2. The van der Waals surface area contributed by atoms with Gasteiger partial charge in [-0.3, -0.25) is 0 Å². The number of fused-ring (bicyclic) bond motifs is 8. The topological polar surface area (TPSA) is 13.1 Å². The van der Waals surface area contributed by atoms with Crippen molar-refractivity contribution in [1.82, 2.24) is 0 Å². The summed E-state index contributed by atoms with van der Waals surface area (Å²) in [5, 5.41) is -0.264. The third-order valence-corrected chi connectivity index (χ3v) is 8.24. The minimum absolute atomic E-state index is 0.109. The lowest BCUT2D eigenvalue weighted by Crippen LogP contribution is -1.91. The van der Waals surface area contributed by atoms with Crippen LogP contribution in [0.1, 0.15) is 27.4 Å². The molecule has 10 aromatic rings. The third-order valence-electron chi connectivity index (χ3n) is 8.24. The van der Waals surface area contributed by atoms with Gasteiger partial charge in [0.15, 0.2) is 0 Å². The van der Waals surface area contributed by atoms with Crippen LogP contribution in [0.25, 0.3) is 98.4 Å².